The molecule has 0 atom stereocenters. The molecule has 0 N–H and O–H groups in total. The van der Waals surface area contributed by atoms with E-state index in [1.807, 2.05) is 91.0 Å². The molecule has 3 heteroatoms. The molecule has 6 radical (unpaired) electrons. The molecule has 0 saturated carbocycles. The maximum Gasteiger partial charge on any atom is 0 e. The van der Waals surface area contributed by atoms with Crippen LogP contribution in [0.15, 0.2) is 91.0 Å². The summed E-state index contributed by atoms with van der Waals surface area (Å²) in [7, 11) is 0. The topological polar surface area (TPSA) is 0 Å². The van der Waals surface area contributed by atoms with E-state index < -0.39 is 0 Å². The molecule has 0 heterocycles. The third-order valence-corrected chi connectivity index (χ3v) is 1.82. The van der Waals surface area contributed by atoms with Crippen LogP contribution in [0.25, 0.3) is 0 Å². The number of hydrogen-bond donors (Lipinski definition) is 0. The van der Waals surface area contributed by atoms with Crippen molar-refractivity contribution in [2.45, 2.75) is 0 Å². The first-order chi connectivity index (χ1) is 9.00. The van der Waals surface area contributed by atoms with Crippen LogP contribution in [0.2, 0.25) is 0 Å². The van der Waals surface area contributed by atoms with Crippen LogP contribution in [-0.4, -0.2) is 24.4 Å². The summed E-state index contributed by atoms with van der Waals surface area (Å²) in [6.45, 7) is 0. The van der Waals surface area contributed by atoms with Crippen LogP contribution in [0.1, 0.15) is 0 Å². The van der Waals surface area contributed by atoms with Crippen LogP contribution in [0.5, 0.6) is 0 Å². The zero-order chi connectivity index (χ0) is 12.7. The van der Waals surface area contributed by atoms with E-state index >= 15 is 0 Å². The van der Waals surface area contributed by atoms with Gasteiger partial charge in [0.1, 0.15) is 0 Å². The molecule has 21 heavy (non-hydrogen) atoms. The van der Waals surface area contributed by atoms with E-state index in [1.165, 1.54) is 0 Å². The molecule has 0 aliphatic heterocycles. The second-order valence-electron chi connectivity index (χ2n) is 3.23. The molecule has 0 spiro atoms. The first kappa shape index (κ1) is 24.4. The normalized spacial score (nSPS) is 6.86. The summed E-state index contributed by atoms with van der Waals surface area (Å²) in [5.74, 6) is 0. The minimum Gasteiger partial charge on any atom is -1.00 e. The van der Waals surface area contributed by atoms with E-state index in [0.29, 0.717) is 0 Å². The van der Waals surface area contributed by atoms with Gasteiger partial charge in [0.2, 0.25) is 0 Å². The van der Waals surface area contributed by atoms with Gasteiger partial charge in [-0.15, -0.1) is 0 Å². The van der Waals surface area contributed by atoms with Gasteiger partial charge in [-0.3, -0.25) is 0 Å². The Balaban J connectivity index is -0.000000216. The zero-order valence-corrected chi connectivity index (χ0v) is 13.9. The van der Waals surface area contributed by atoms with E-state index in [0.717, 1.165) is 0 Å². The maximum absolute atomic E-state index is 2.89. The standard InChI is InChI=1S/3C6H5.2FH.Sb/c3*1-2-4-6-5-3-1;;;/h3*1-5H;2*1H;/p-2. The Kier molecular flexibility index (Phi) is 24.0. The Bertz CT molecular complexity index is 306. The van der Waals surface area contributed by atoms with Gasteiger partial charge in [-0.1, -0.05) is 91.0 Å². The van der Waals surface area contributed by atoms with E-state index in [9.17, 15) is 0 Å². The number of halogens is 2. The summed E-state index contributed by atoms with van der Waals surface area (Å²) in [6, 6.07) is 37.5. The smallest absolute Gasteiger partial charge is 0 e. The largest absolute Gasteiger partial charge is 1.00 e. The van der Waals surface area contributed by atoms with Gasteiger partial charge >= 0.3 is 0 Å². The van der Waals surface area contributed by atoms with Gasteiger partial charge in [-0.25, -0.2) is 0 Å². The number of hydrogen-bond acceptors (Lipinski definition) is 0. The molecule has 108 valence electrons. The third-order valence-electron chi connectivity index (χ3n) is 1.82. The first-order valence-corrected chi connectivity index (χ1v) is 5.73. The Morgan fingerprint density at radius 2 is 0.524 bits per heavy atom. The minimum atomic E-state index is 0. The fourth-order valence-electron chi connectivity index (χ4n) is 1.03. The number of rotatable bonds is 0. The van der Waals surface area contributed by atoms with Crippen LogP contribution in [0.4, 0.5) is 0 Å². The molecule has 0 fully saturated rings. The molecule has 0 amide bonds. The summed E-state index contributed by atoms with van der Waals surface area (Å²) in [4.78, 5) is 0. The van der Waals surface area contributed by atoms with Crippen molar-refractivity contribution in [1.82, 2.24) is 0 Å². The predicted molar refractivity (Wildman–Crippen MR) is 81.6 cm³/mol. The van der Waals surface area contributed by atoms with Crippen LogP contribution in [0, 0.1) is 18.2 Å². The van der Waals surface area contributed by atoms with Crippen molar-refractivity contribution in [3.8, 4) is 0 Å². The Morgan fingerprint density at radius 3 is 0.571 bits per heavy atom. The Morgan fingerprint density at radius 1 is 0.333 bits per heavy atom. The monoisotopic (exact) mass is 390 g/mol. The summed E-state index contributed by atoms with van der Waals surface area (Å²) in [6.07, 6.45) is 0. The maximum atomic E-state index is 2.89. The van der Waals surface area contributed by atoms with Gasteiger partial charge in [0.25, 0.3) is 0 Å². The second kappa shape index (κ2) is 20.7. The third kappa shape index (κ3) is 18.3. The average Bonchev–Trinajstić information content (AvgIpc) is 2.54. The molecular weight excluding hydrogens is 376 g/mol. The van der Waals surface area contributed by atoms with E-state index in [2.05, 4.69) is 18.2 Å². The van der Waals surface area contributed by atoms with Gasteiger partial charge in [0, 0.05) is 24.4 Å². The van der Waals surface area contributed by atoms with Gasteiger partial charge in [-0.05, 0) is 18.2 Å². The second-order valence-corrected chi connectivity index (χ2v) is 3.23. The summed E-state index contributed by atoms with van der Waals surface area (Å²) < 4.78 is 0. The molecule has 3 rings (SSSR count). The summed E-state index contributed by atoms with van der Waals surface area (Å²) in [5, 5.41) is 0. The van der Waals surface area contributed by atoms with Gasteiger partial charge in [0.15, 0.2) is 0 Å². The molecule has 3 aromatic carbocycles. The van der Waals surface area contributed by atoms with Crippen molar-refractivity contribution in [2.24, 2.45) is 0 Å². The van der Waals surface area contributed by atoms with Gasteiger partial charge in [0.05, 0.1) is 0 Å². The van der Waals surface area contributed by atoms with Crippen molar-refractivity contribution < 1.29 is 9.41 Å². The Labute approximate surface area is 143 Å². The van der Waals surface area contributed by atoms with Crippen molar-refractivity contribution in [2.75, 3.05) is 0 Å². The summed E-state index contributed by atoms with van der Waals surface area (Å²) in [5.41, 5.74) is 0. The zero-order valence-electron chi connectivity index (χ0n) is 11.4. The molecule has 0 unspecified atom stereocenters. The van der Waals surface area contributed by atoms with Crippen LogP contribution >= 0.6 is 0 Å². The molecule has 0 saturated heterocycles. The molecule has 3 aromatic rings. The van der Waals surface area contributed by atoms with Crippen LogP contribution in [-0.2, 0) is 0 Å². The molecule has 0 bridgehead atoms. The van der Waals surface area contributed by atoms with Gasteiger partial charge < -0.3 is 9.41 Å². The fourth-order valence-corrected chi connectivity index (χ4v) is 1.03. The molecular formula is C18H15F2Sb-2. The van der Waals surface area contributed by atoms with Crippen LogP contribution < -0.4 is 9.41 Å². The van der Waals surface area contributed by atoms with Gasteiger partial charge in [-0.2, -0.15) is 0 Å². The molecule has 0 aromatic heterocycles. The van der Waals surface area contributed by atoms with Crippen LogP contribution in [0.3, 0.4) is 0 Å². The minimum absolute atomic E-state index is 0. The molecule has 0 aliphatic carbocycles. The van der Waals surface area contributed by atoms with E-state index in [4.69, 9.17) is 0 Å². The quantitative estimate of drug-likeness (QED) is 0.393. The van der Waals surface area contributed by atoms with E-state index in [1.54, 1.807) is 0 Å². The average molecular weight is 391 g/mol. The van der Waals surface area contributed by atoms with Crippen molar-refractivity contribution in [3.05, 3.63) is 109 Å². The first-order valence-electron chi connectivity index (χ1n) is 5.73. The molecule has 0 nitrogen and oxygen atoms in total. The number of benzene rings is 3. The van der Waals surface area contributed by atoms with E-state index in [-0.39, 0.29) is 33.8 Å². The predicted octanol–water partition coefficient (Wildman–Crippen LogP) is -1.91. The van der Waals surface area contributed by atoms with Crippen molar-refractivity contribution >= 4 is 24.4 Å². The molecule has 0 aliphatic rings. The Hall–Kier alpha value is -1.66. The van der Waals surface area contributed by atoms with Crippen molar-refractivity contribution in [1.29, 1.82) is 0 Å². The SMILES string of the molecule is [F-].[F-].[Sb].[c]1ccccc1.[c]1ccccc1.[c]1ccccc1. The van der Waals surface area contributed by atoms with Crippen molar-refractivity contribution in [3.63, 3.8) is 0 Å². The summed E-state index contributed by atoms with van der Waals surface area (Å²) >= 11 is 0. The fraction of sp³-hybridized carbons (Fsp3) is 0.